The molecule has 0 fully saturated rings. The molecular weight excluding hydrogens is 327 g/mol. The van der Waals surface area contributed by atoms with Gasteiger partial charge in [0.1, 0.15) is 8.07 Å². The Labute approximate surface area is 161 Å². The highest BCUT2D eigenvalue weighted by Gasteiger charge is 2.43. The average molecular weight is 358 g/mol. The molecule has 1 aliphatic rings. The lowest BCUT2D eigenvalue weighted by Crippen LogP contribution is -2.29. The van der Waals surface area contributed by atoms with Gasteiger partial charge in [-0.15, -0.1) is 0 Å². The van der Waals surface area contributed by atoms with Crippen LogP contribution in [0.1, 0.15) is 38.3 Å². The van der Waals surface area contributed by atoms with Crippen molar-refractivity contribution in [2.24, 2.45) is 0 Å². The first-order valence-electron chi connectivity index (χ1n) is 10.2. The first-order valence-corrected chi connectivity index (χ1v) is 13.2. The molecule has 2 aromatic rings. The van der Waals surface area contributed by atoms with E-state index >= 15 is 0 Å². The van der Waals surface area contributed by atoms with Crippen molar-refractivity contribution in [3.05, 3.63) is 82.8 Å². The zero-order valence-corrected chi connectivity index (χ0v) is 18.0. The van der Waals surface area contributed by atoms with Crippen LogP contribution in [0.25, 0.3) is 10.4 Å². The molecule has 1 heterocycles. The van der Waals surface area contributed by atoms with Crippen LogP contribution in [0, 0.1) is 0 Å². The Balaban J connectivity index is 2.31. The van der Waals surface area contributed by atoms with Gasteiger partial charge in [-0.3, -0.25) is 0 Å². The fourth-order valence-electron chi connectivity index (χ4n) is 4.90. The molecular formula is C24H31BSi. The number of hydrogen-bond acceptors (Lipinski definition) is 0. The second-order valence-electron chi connectivity index (χ2n) is 7.87. The molecule has 0 radical (unpaired) electrons. The maximum absolute atomic E-state index is 2.56. The summed E-state index contributed by atoms with van der Waals surface area (Å²) in [5, 5.41) is 3.35. The van der Waals surface area contributed by atoms with Crippen molar-refractivity contribution >= 4 is 25.2 Å². The molecule has 0 N–H and O–H groups in total. The van der Waals surface area contributed by atoms with Crippen LogP contribution in [0.3, 0.4) is 0 Å². The lowest BCUT2D eigenvalue weighted by molar-refractivity contribution is 1.14. The van der Waals surface area contributed by atoms with Gasteiger partial charge in [0.15, 0.2) is 6.71 Å². The molecule has 134 valence electrons. The zero-order chi connectivity index (χ0) is 18.7. The summed E-state index contributed by atoms with van der Waals surface area (Å²) in [5.74, 6) is 0. The van der Waals surface area contributed by atoms with E-state index in [0.717, 1.165) is 6.42 Å². The van der Waals surface area contributed by atoms with E-state index in [1.165, 1.54) is 23.8 Å². The van der Waals surface area contributed by atoms with Gasteiger partial charge in [-0.2, -0.15) is 0 Å². The molecule has 0 nitrogen and oxygen atoms in total. The number of allylic oxidation sites excluding steroid dienone is 2. The third-order valence-corrected chi connectivity index (χ3v) is 9.67. The summed E-state index contributed by atoms with van der Waals surface area (Å²) >= 11 is 0. The standard InChI is InChI=1S/C24H31BSi/c1-6-21-22(25(7-2)8-3)24(20-17-13-10-14-18-20)26(4,5)23(21)19-15-11-9-12-16-19/h9-18H,6-8H2,1-5H3. The molecule has 26 heavy (non-hydrogen) atoms. The molecule has 0 bridgehead atoms. The average Bonchev–Trinajstić information content (AvgIpc) is 2.91. The Morgan fingerprint density at radius 3 is 1.58 bits per heavy atom. The Morgan fingerprint density at radius 2 is 1.15 bits per heavy atom. The SMILES string of the molecule is CCB(CC)C1=C(c2ccccc2)[Si](C)(C)C(c2ccccc2)=C1CC. The molecule has 2 heteroatoms. The normalized spacial score (nSPS) is 16.3. The summed E-state index contributed by atoms with van der Waals surface area (Å²) in [4.78, 5) is 0. The highest BCUT2D eigenvalue weighted by molar-refractivity contribution is 7.11. The monoisotopic (exact) mass is 358 g/mol. The van der Waals surface area contributed by atoms with Crippen molar-refractivity contribution in [1.29, 1.82) is 0 Å². The second kappa shape index (κ2) is 7.84. The summed E-state index contributed by atoms with van der Waals surface area (Å²) in [6.07, 6.45) is 3.57. The largest absolute Gasteiger partial charge is 0.175 e. The van der Waals surface area contributed by atoms with Gasteiger partial charge >= 0.3 is 0 Å². The van der Waals surface area contributed by atoms with Crippen LogP contribution in [-0.2, 0) is 0 Å². The molecule has 2 aromatic carbocycles. The van der Waals surface area contributed by atoms with Crippen LogP contribution in [0.15, 0.2) is 71.7 Å². The van der Waals surface area contributed by atoms with Gasteiger partial charge in [-0.25, -0.2) is 0 Å². The van der Waals surface area contributed by atoms with E-state index in [4.69, 9.17) is 0 Å². The number of benzene rings is 2. The summed E-state index contributed by atoms with van der Waals surface area (Å²) in [6, 6.07) is 22.3. The summed E-state index contributed by atoms with van der Waals surface area (Å²) in [5.41, 5.74) is 6.21. The fourth-order valence-corrected chi connectivity index (χ4v) is 9.02. The molecule has 0 amide bonds. The van der Waals surface area contributed by atoms with Crippen LogP contribution in [-0.4, -0.2) is 14.8 Å². The molecule has 0 atom stereocenters. The van der Waals surface area contributed by atoms with Crippen molar-refractivity contribution in [3.63, 3.8) is 0 Å². The van der Waals surface area contributed by atoms with Gasteiger partial charge in [0.2, 0.25) is 0 Å². The Hall–Kier alpha value is -1.80. The smallest absolute Gasteiger partial charge is 0.0767 e. The number of rotatable bonds is 6. The molecule has 0 spiro atoms. The summed E-state index contributed by atoms with van der Waals surface area (Å²) < 4.78 is 0. The minimum absolute atomic E-state index is 0.660. The van der Waals surface area contributed by atoms with Crippen molar-refractivity contribution in [2.45, 2.75) is 52.9 Å². The highest BCUT2D eigenvalue weighted by Crippen LogP contribution is 2.50. The van der Waals surface area contributed by atoms with Gasteiger partial charge in [0, 0.05) is 0 Å². The van der Waals surface area contributed by atoms with E-state index in [1.807, 2.05) is 0 Å². The lowest BCUT2D eigenvalue weighted by Gasteiger charge is -2.27. The van der Waals surface area contributed by atoms with Gasteiger partial charge < -0.3 is 0 Å². The number of hydrogen-bond donors (Lipinski definition) is 0. The quantitative estimate of drug-likeness (QED) is 0.480. The van der Waals surface area contributed by atoms with Crippen LogP contribution in [0.4, 0.5) is 0 Å². The van der Waals surface area contributed by atoms with Gasteiger partial charge in [-0.1, -0.05) is 123 Å². The Kier molecular flexibility index (Phi) is 5.72. The second-order valence-corrected chi connectivity index (χ2v) is 12.1. The first kappa shape index (κ1) is 19.0. The third kappa shape index (κ3) is 3.16. The van der Waals surface area contributed by atoms with Crippen LogP contribution >= 0.6 is 0 Å². The van der Waals surface area contributed by atoms with Gasteiger partial charge in [-0.05, 0) is 22.7 Å². The summed E-state index contributed by atoms with van der Waals surface area (Å²) in [7, 11) is -1.76. The molecule has 0 saturated carbocycles. The molecule has 0 aliphatic carbocycles. The fraction of sp³-hybridized carbons (Fsp3) is 0.333. The highest BCUT2D eigenvalue weighted by atomic mass is 28.3. The molecule has 0 aromatic heterocycles. The predicted octanol–water partition coefficient (Wildman–Crippen LogP) is 7.18. The Bertz CT molecular complexity index is 812. The molecule has 0 saturated heterocycles. The molecule has 1 aliphatic heterocycles. The summed E-state index contributed by atoms with van der Waals surface area (Å²) in [6.45, 7) is 12.8. The maximum Gasteiger partial charge on any atom is 0.175 e. The van der Waals surface area contributed by atoms with Crippen molar-refractivity contribution in [2.75, 3.05) is 0 Å². The van der Waals surface area contributed by atoms with Gasteiger partial charge in [0.25, 0.3) is 0 Å². The third-order valence-electron chi connectivity index (χ3n) is 6.02. The van der Waals surface area contributed by atoms with E-state index in [0.29, 0.717) is 6.71 Å². The van der Waals surface area contributed by atoms with E-state index in [-0.39, 0.29) is 0 Å². The van der Waals surface area contributed by atoms with Crippen LogP contribution in [0.2, 0.25) is 25.7 Å². The van der Waals surface area contributed by atoms with E-state index < -0.39 is 8.07 Å². The van der Waals surface area contributed by atoms with Crippen molar-refractivity contribution in [1.82, 2.24) is 0 Å². The van der Waals surface area contributed by atoms with Crippen LogP contribution in [0.5, 0.6) is 0 Å². The van der Waals surface area contributed by atoms with E-state index in [2.05, 4.69) is 94.5 Å². The lowest BCUT2D eigenvalue weighted by atomic mass is 9.39. The first-order chi connectivity index (χ1) is 12.6. The Morgan fingerprint density at radius 1 is 0.692 bits per heavy atom. The predicted molar refractivity (Wildman–Crippen MR) is 121 cm³/mol. The van der Waals surface area contributed by atoms with E-state index in [1.54, 1.807) is 21.4 Å². The minimum atomic E-state index is -1.76. The topological polar surface area (TPSA) is 0 Å². The van der Waals surface area contributed by atoms with Crippen molar-refractivity contribution < 1.29 is 0 Å². The van der Waals surface area contributed by atoms with E-state index in [9.17, 15) is 0 Å². The zero-order valence-electron chi connectivity index (χ0n) is 17.0. The van der Waals surface area contributed by atoms with Gasteiger partial charge in [0.05, 0.1) is 0 Å². The van der Waals surface area contributed by atoms with Crippen molar-refractivity contribution in [3.8, 4) is 0 Å². The van der Waals surface area contributed by atoms with Crippen LogP contribution < -0.4 is 0 Å². The maximum atomic E-state index is 2.56. The minimum Gasteiger partial charge on any atom is -0.0767 e. The molecule has 0 unspecified atom stereocenters. The molecule has 3 rings (SSSR count).